The van der Waals surface area contributed by atoms with Crippen LogP contribution >= 0.6 is 24.8 Å². The van der Waals surface area contributed by atoms with Crippen LogP contribution in [0.25, 0.3) is 0 Å². The second-order valence-corrected chi connectivity index (χ2v) is 6.91. The number of anilines is 2. The van der Waals surface area contributed by atoms with E-state index in [4.69, 9.17) is 10.5 Å². The van der Waals surface area contributed by atoms with Crippen LogP contribution in [0, 0.1) is 5.92 Å². The van der Waals surface area contributed by atoms with Gasteiger partial charge < -0.3 is 20.7 Å². The van der Waals surface area contributed by atoms with E-state index in [-0.39, 0.29) is 36.8 Å². The molecule has 0 aliphatic carbocycles. The molecule has 0 saturated carbocycles. The maximum absolute atomic E-state index is 12.9. The number of amides is 1. The molecular weight excluding hydrogens is 411 g/mol. The van der Waals surface area contributed by atoms with E-state index in [1.807, 2.05) is 31.2 Å². The van der Waals surface area contributed by atoms with Gasteiger partial charge in [-0.15, -0.1) is 24.8 Å². The number of carbonyl (C=O) groups is 1. The van der Waals surface area contributed by atoms with Crippen molar-refractivity contribution in [3.05, 3.63) is 48.2 Å². The van der Waals surface area contributed by atoms with Crippen molar-refractivity contribution >= 4 is 42.2 Å². The summed E-state index contributed by atoms with van der Waals surface area (Å²) in [5.41, 5.74) is 7.47. The van der Waals surface area contributed by atoms with Gasteiger partial charge in [0.05, 0.1) is 12.2 Å². The molecule has 1 heterocycles. The van der Waals surface area contributed by atoms with Crippen LogP contribution in [0.4, 0.5) is 11.5 Å². The summed E-state index contributed by atoms with van der Waals surface area (Å²) in [7, 11) is 1.79. The molecule has 29 heavy (non-hydrogen) atoms. The number of halogens is 2. The Morgan fingerprint density at radius 2 is 1.86 bits per heavy atom. The molecule has 1 aromatic carbocycles. The van der Waals surface area contributed by atoms with E-state index >= 15 is 0 Å². The predicted octanol–water partition coefficient (Wildman–Crippen LogP) is 4.51. The number of carbonyl (C=O) groups excluding carboxylic acids is 1. The van der Waals surface area contributed by atoms with Gasteiger partial charge in [0.15, 0.2) is 0 Å². The van der Waals surface area contributed by atoms with Crippen molar-refractivity contribution in [1.29, 1.82) is 0 Å². The fourth-order valence-electron chi connectivity index (χ4n) is 2.60. The molecule has 1 aromatic heterocycles. The second-order valence-electron chi connectivity index (χ2n) is 6.91. The van der Waals surface area contributed by atoms with Crippen LogP contribution in [0.1, 0.15) is 37.6 Å². The highest BCUT2D eigenvalue weighted by Gasteiger charge is 2.18. The van der Waals surface area contributed by atoms with Gasteiger partial charge in [-0.3, -0.25) is 4.79 Å². The Labute approximate surface area is 186 Å². The van der Waals surface area contributed by atoms with Gasteiger partial charge in [0, 0.05) is 31.5 Å². The van der Waals surface area contributed by atoms with Crippen molar-refractivity contribution in [2.24, 2.45) is 11.7 Å². The van der Waals surface area contributed by atoms with E-state index in [1.165, 1.54) is 0 Å². The predicted molar refractivity (Wildman–Crippen MR) is 124 cm³/mol. The van der Waals surface area contributed by atoms with Crippen LogP contribution in [0.15, 0.2) is 42.6 Å². The molecule has 2 rings (SSSR count). The van der Waals surface area contributed by atoms with Gasteiger partial charge >= 0.3 is 0 Å². The van der Waals surface area contributed by atoms with Gasteiger partial charge in [-0.05, 0) is 55.7 Å². The van der Waals surface area contributed by atoms with Crippen molar-refractivity contribution in [2.45, 2.75) is 33.2 Å². The zero-order valence-electron chi connectivity index (χ0n) is 17.4. The zero-order valence-corrected chi connectivity index (χ0v) is 19.1. The summed E-state index contributed by atoms with van der Waals surface area (Å²) in [4.78, 5) is 18.9. The largest absolute Gasteiger partial charge is 0.494 e. The van der Waals surface area contributed by atoms with Crippen LogP contribution in [0.2, 0.25) is 0 Å². The highest BCUT2D eigenvalue weighted by atomic mass is 35.5. The Hall–Kier alpha value is -2.02. The van der Waals surface area contributed by atoms with Crippen molar-refractivity contribution in [1.82, 2.24) is 9.88 Å². The number of nitrogens with one attached hydrogen (secondary N) is 1. The summed E-state index contributed by atoms with van der Waals surface area (Å²) >= 11 is 0. The maximum atomic E-state index is 12.9. The fraction of sp³-hybridized carbons (Fsp3) is 0.429. The lowest BCUT2D eigenvalue weighted by molar-refractivity contribution is 0.0790. The molecule has 1 unspecified atom stereocenters. The summed E-state index contributed by atoms with van der Waals surface area (Å²) in [6, 6.07) is 11.2. The van der Waals surface area contributed by atoms with Gasteiger partial charge in [0.25, 0.3) is 5.91 Å². The Bertz CT molecular complexity index is 742. The van der Waals surface area contributed by atoms with Gasteiger partial charge in [-0.25, -0.2) is 4.98 Å². The molecule has 2 aromatic rings. The monoisotopic (exact) mass is 442 g/mol. The fourth-order valence-corrected chi connectivity index (χ4v) is 2.60. The summed E-state index contributed by atoms with van der Waals surface area (Å²) in [5, 5.41) is 3.22. The number of nitrogens with zero attached hydrogens (tertiary/aromatic N) is 2. The minimum atomic E-state index is -0.0764. The van der Waals surface area contributed by atoms with E-state index in [0.717, 1.165) is 17.9 Å². The number of hydrogen-bond acceptors (Lipinski definition) is 5. The molecule has 0 bridgehead atoms. The Balaban J connectivity index is 0.00000392. The third-order valence-corrected chi connectivity index (χ3v) is 4.47. The smallest absolute Gasteiger partial charge is 0.257 e. The average molecular weight is 443 g/mol. The molecule has 0 aliphatic rings. The molecule has 0 saturated heterocycles. The van der Waals surface area contributed by atoms with Crippen LogP contribution < -0.4 is 15.8 Å². The number of nitrogens with two attached hydrogens (primary N) is 1. The maximum Gasteiger partial charge on any atom is 0.257 e. The Kier molecular flexibility index (Phi) is 12.3. The van der Waals surface area contributed by atoms with Crippen molar-refractivity contribution in [3.8, 4) is 5.75 Å². The third-order valence-electron chi connectivity index (χ3n) is 4.47. The summed E-state index contributed by atoms with van der Waals surface area (Å²) in [6.07, 6.45) is 2.43. The average Bonchev–Trinajstić information content (AvgIpc) is 2.67. The first kappa shape index (κ1) is 27.0. The summed E-state index contributed by atoms with van der Waals surface area (Å²) in [5.74, 6) is 1.66. The standard InChI is InChI=1S/C21H30N4O2.2ClH/c1-5-27-17-10-8-16(9-11-17)24-20-18(7-6-13-23-20)21(26)25(4)14-12-19(22)15(2)3;;/h6-11,13,15,19H,5,12,14,22H2,1-4H3,(H,23,24);2*1H. The molecule has 0 fully saturated rings. The number of pyridine rings is 1. The van der Waals surface area contributed by atoms with E-state index in [0.29, 0.717) is 30.5 Å². The number of ether oxygens (including phenoxy) is 1. The molecular formula is C21H32Cl2N4O2. The minimum absolute atomic E-state index is 0. The molecule has 8 heteroatoms. The van der Waals surface area contributed by atoms with Crippen molar-refractivity contribution in [3.63, 3.8) is 0 Å². The molecule has 1 amide bonds. The first-order valence-corrected chi connectivity index (χ1v) is 9.38. The lowest BCUT2D eigenvalue weighted by Crippen LogP contribution is -2.35. The van der Waals surface area contributed by atoms with Gasteiger partial charge in [0.2, 0.25) is 0 Å². The molecule has 0 radical (unpaired) electrons. The quantitative estimate of drug-likeness (QED) is 0.596. The normalized spacial score (nSPS) is 11.1. The van der Waals surface area contributed by atoms with Crippen molar-refractivity contribution in [2.75, 3.05) is 25.5 Å². The minimum Gasteiger partial charge on any atom is -0.494 e. The third kappa shape index (κ3) is 8.09. The van der Waals surface area contributed by atoms with Crippen LogP contribution in [-0.4, -0.2) is 42.0 Å². The number of rotatable bonds is 9. The van der Waals surface area contributed by atoms with Gasteiger partial charge in [-0.2, -0.15) is 0 Å². The molecule has 0 spiro atoms. The molecule has 162 valence electrons. The number of benzene rings is 1. The van der Waals surface area contributed by atoms with Crippen LogP contribution in [0.3, 0.4) is 0 Å². The van der Waals surface area contributed by atoms with E-state index in [1.54, 1.807) is 30.3 Å². The highest BCUT2D eigenvalue weighted by molar-refractivity contribution is 5.99. The molecule has 6 nitrogen and oxygen atoms in total. The van der Waals surface area contributed by atoms with Gasteiger partial charge in [0.1, 0.15) is 11.6 Å². The first-order valence-electron chi connectivity index (χ1n) is 9.38. The SMILES string of the molecule is CCOc1ccc(Nc2ncccc2C(=O)N(C)CCC(N)C(C)C)cc1.Cl.Cl. The highest BCUT2D eigenvalue weighted by Crippen LogP contribution is 2.22. The summed E-state index contributed by atoms with van der Waals surface area (Å²) < 4.78 is 5.45. The zero-order chi connectivity index (χ0) is 19.8. The van der Waals surface area contributed by atoms with E-state index in [2.05, 4.69) is 24.1 Å². The number of aromatic nitrogens is 1. The first-order chi connectivity index (χ1) is 12.9. The van der Waals surface area contributed by atoms with Crippen LogP contribution in [-0.2, 0) is 0 Å². The molecule has 1 atom stereocenters. The lowest BCUT2D eigenvalue weighted by Gasteiger charge is -2.22. The second kappa shape index (κ2) is 13.2. The lowest BCUT2D eigenvalue weighted by atomic mass is 10.0. The van der Waals surface area contributed by atoms with Crippen molar-refractivity contribution < 1.29 is 9.53 Å². The topological polar surface area (TPSA) is 80.5 Å². The Morgan fingerprint density at radius 1 is 1.21 bits per heavy atom. The van der Waals surface area contributed by atoms with E-state index in [9.17, 15) is 4.79 Å². The molecule has 3 N–H and O–H groups in total. The van der Waals surface area contributed by atoms with E-state index < -0.39 is 0 Å². The van der Waals surface area contributed by atoms with Gasteiger partial charge in [-0.1, -0.05) is 13.8 Å². The number of hydrogen-bond donors (Lipinski definition) is 2. The Morgan fingerprint density at radius 3 is 2.45 bits per heavy atom. The molecule has 0 aliphatic heterocycles. The summed E-state index contributed by atoms with van der Waals surface area (Å²) in [6.45, 7) is 7.36. The van der Waals surface area contributed by atoms with Crippen LogP contribution in [0.5, 0.6) is 5.75 Å².